The van der Waals surface area contributed by atoms with Crippen LogP contribution in [-0.4, -0.2) is 30.2 Å². The van der Waals surface area contributed by atoms with Gasteiger partial charge in [0.15, 0.2) is 0 Å². The van der Waals surface area contributed by atoms with Gasteiger partial charge >= 0.3 is 5.97 Å². The highest BCUT2D eigenvalue weighted by molar-refractivity contribution is 6.33. The number of aromatic nitrogens is 1. The molecule has 29 heavy (non-hydrogen) atoms. The first-order valence-electron chi connectivity index (χ1n) is 8.81. The number of hydrogen-bond donors (Lipinski definition) is 0. The third-order valence-electron chi connectivity index (χ3n) is 4.59. The Morgan fingerprint density at radius 3 is 2.48 bits per heavy atom. The summed E-state index contributed by atoms with van der Waals surface area (Å²) in [5.41, 5.74) is 2.34. The van der Waals surface area contributed by atoms with Gasteiger partial charge in [0.05, 0.1) is 24.1 Å². The van der Waals surface area contributed by atoms with Gasteiger partial charge < -0.3 is 9.47 Å². The lowest BCUT2D eigenvalue weighted by molar-refractivity contribution is -0.141. The number of carbonyl (C=O) groups is 2. The zero-order valence-electron chi connectivity index (χ0n) is 16.0. The largest absolute Gasteiger partial charge is 0.495 e. The summed E-state index contributed by atoms with van der Waals surface area (Å²) < 4.78 is 12.0. The molecule has 1 heterocycles. The Morgan fingerprint density at radius 2 is 1.86 bits per heavy atom. The summed E-state index contributed by atoms with van der Waals surface area (Å²) in [5.74, 6) is -0.216. The summed E-state index contributed by atoms with van der Waals surface area (Å²) in [6.45, 7) is 5.44. The number of esters is 1. The predicted molar refractivity (Wildman–Crippen MR) is 114 cm³/mol. The smallest absolute Gasteiger partial charge is 0.310 e. The second-order valence-corrected chi connectivity index (χ2v) is 7.21. The number of benzene rings is 2. The Bertz CT molecular complexity index is 1100. The van der Waals surface area contributed by atoms with Crippen molar-refractivity contribution in [1.29, 1.82) is 0 Å². The summed E-state index contributed by atoms with van der Waals surface area (Å²) in [6.07, 6.45) is 1.50. The number of carbonyl (C=O) groups excluding carboxylic acids is 2. The normalized spacial score (nSPS) is 10.8. The standard InChI is InChI=1S/C22H19Cl2NO4/c1-4-9-29-21(26)11-16-13(2)25(22(27)14-5-7-15(23)8-6-14)19-12-18(24)20(28-3)10-17(16)19/h4-8,10,12H,1,9,11H2,2-3H3. The number of methoxy groups -OCH3 is 1. The van der Waals surface area contributed by atoms with Crippen molar-refractivity contribution in [3.05, 3.63) is 75.9 Å². The molecular weight excluding hydrogens is 413 g/mol. The van der Waals surface area contributed by atoms with E-state index in [4.69, 9.17) is 32.7 Å². The minimum atomic E-state index is -0.417. The van der Waals surface area contributed by atoms with Crippen molar-refractivity contribution in [3.63, 3.8) is 0 Å². The van der Waals surface area contributed by atoms with Crippen LogP contribution in [-0.2, 0) is 16.0 Å². The molecule has 0 aliphatic heterocycles. The van der Waals surface area contributed by atoms with Crippen LogP contribution in [0.25, 0.3) is 10.9 Å². The van der Waals surface area contributed by atoms with E-state index in [1.807, 2.05) is 0 Å². The van der Waals surface area contributed by atoms with E-state index in [1.54, 1.807) is 47.9 Å². The molecule has 0 amide bonds. The fraction of sp³-hybridized carbons (Fsp3) is 0.182. The van der Waals surface area contributed by atoms with Crippen LogP contribution in [0, 0.1) is 6.92 Å². The van der Waals surface area contributed by atoms with Crippen molar-refractivity contribution in [2.45, 2.75) is 13.3 Å². The molecule has 0 fully saturated rings. The van der Waals surface area contributed by atoms with E-state index in [2.05, 4.69) is 6.58 Å². The van der Waals surface area contributed by atoms with Crippen molar-refractivity contribution in [3.8, 4) is 5.75 Å². The number of hydrogen-bond acceptors (Lipinski definition) is 4. The monoisotopic (exact) mass is 431 g/mol. The maximum Gasteiger partial charge on any atom is 0.310 e. The minimum absolute atomic E-state index is 0.00184. The van der Waals surface area contributed by atoms with Gasteiger partial charge in [-0.2, -0.15) is 0 Å². The topological polar surface area (TPSA) is 57.5 Å². The Labute approximate surface area is 178 Å². The predicted octanol–water partition coefficient (Wildman–Crippen LogP) is 5.23. The van der Waals surface area contributed by atoms with Crippen molar-refractivity contribution in [2.24, 2.45) is 0 Å². The zero-order chi connectivity index (χ0) is 21.1. The number of rotatable bonds is 6. The fourth-order valence-electron chi connectivity index (χ4n) is 3.19. The van der Waals surface area contributed by atoms with E-state index in [1.165, 1.54) is 13.2 Å². The minimum Gasteiger partial charge on any atom is -0.495 e. The highest BCUT2D eigenvalue weighted by Gasteiger charge is 2.23. The Balaban J connectivity index is 2.18. The van der Waals surface area contributed by atoms with E-state index >= 15 is 0 Å². The van der Waals surface area contributed by atoms with Crippen LogP contribution >= 0.6 is 23.2 Å². The van der Waals surface area contributed by atoms with Gasteiger partial charge in [0.1, 0.15) is 12.4 Å². The molecule has 1 aromatic heterocycles. The molecule has 0 N–H and O–H groups in total. The van der Waals surface area contributed by atoms with Crippen LogP contribution in [0.2, 0.25) is 10.0 Å². The maximum atomic E-state index is 13.2. The van der Waals surface area contributed by atoms with E-state index in [9.17, 15) is 9.59 Å². The van der Waals surface area contributed by atoms with Gasteiger partial charge in [0.2, 0.25) is 0 Å². The molecular formula is C22H19Cl2NO4. The van der Waals surface area contributed by atoms with Gasteiger partial charge in [-0.25, -0.2) is 0 Å². The summed E-state index contributed by atoms with van der Waals surface area (Å²) in [6, 6.07) is 10.00. The number of nitrogens with zero attached hydrogens (tertiary/aromatic N) is 1. The third-order valence-corrected chi connectivity index (χ3v) is 5.13. The molecule has 0 unspecified atom stereocenters. The molecule has 0 bridgehead atoms. The van der Waals surface area contributed by atoms with Gasteiger partial charge in [-0.15, -0.1) is 0 Å². The average Bonchev–Trinajstić information content (AvgIpc) is 2.96. The van der Waals surface area contributed by atoms with Crippen molar-refractivity contribution in [1.82, 2.24) is 4.57 Å². The first-order chi connectivity index (χ1) is 13.9. The SMILES string of the molecule is C=CCOC(=O)Cc1c(C)n(C(=O)c2ccc(Cl)cc2)c2cc(Cl)c(OC)cc12. The van der Waals surface area contributed by atoms with Crippen molar-refractivity contribution >= 4 is 46.0 Å². The van der Waals surface area contributed by atoms with Gasteiger partial charge in [-0.3, -0.25) is 14.2 Å². The molecule has 150 valence electrons. The van der Waals surface area contributed by atoms with Crippen LogP contribution in [0.4, 0.5) is 0 Å². The molecule has 0 saturated carbocycles. The molecule has 3 rings (SSSR count). The first-order valence-corrected chi connectivity index (χ1v) is 9.57. The molecule has 0 spiro atoms. The quantitative estimate of drug-likeness (QED) is 0.396. The first kappa shape index (κ1) is 21.0. The highest BCUT2D eigenvalue weighted by Crippen LogP contribution is 2.35. The van der Waals surface area contributed by atoms with E-state index in [-0.39, 0.29) is 18.9 Å². The second-order valence-electron chi connectivity index (χ2n) is 6.36. The summed E-state index contributed by atoms with van der Waals surface area (Å²) in [4.78, 5) is 25.5. The van der Waals surface area contributed by atoms with Gasteiger partial charge in [0.25, 0.3) is 5.91 Å². The van der Waals surface area contributed by atoms with Crippen LogP contribution in [0.15, 0.2) is 49.1 Å². The number of fused-ring (bicyclic) bond motifs is 1. The lowest BCUT2D eigenvalue weighted by atomic mass is 10.1. The number of ether oxygens (including phenoxy) is 2. The Hall–Kier alpha value is -2.76. The Morgan fingerprint density at radius 1 is 1.17 bits per heavy atom. The molecule has 0 aliphatic rings. The molecule has 0 aliphatic carbocycles. The highest BCUT2D eigenvalue weighted by atomic mass is 35.5. The van der Waals surface area contributed by atoms with E-state index in [0.29, 0.717) is 43.5 Å². The molecule has 0 saturated heterocycles. The van der Waals surface area contributed by atoms with Crippen molar-refractivity contribution < 1.29 is 19.1 Å². The maximum absolute atomic E-state index is 13.2. The van der Waals surface area contributed by atoms with E-state index in [0.717, 1.165) is 0 Å². The summed E-state index contributed by atoms with van der Waals surface area (Å²) >= 11 is 12.3. The van der Waals surface area contributed by atoms with Gasteiger partial charge in [-0.05, 0) is 48.9 Å². The van der Waals surface area contributed by atoms with Gasteiger partial charge in [-0.1, -0.05) is 35.9 Å². The fourth-order valence-corrected chi connectivity index (χ4v) is 3.55. The molecule has 0 atom stereocenters. The molecule has 0 radical (unpaired) electrons. The molecule has 3 aromatic rings. The van der Waals surface area contributed by atoms with Crippen molar-refractivity contribution in [2.75, 3.05) is 13.7 Å². The lowest BCUT2D eigenvalue weighted by Crippen LogP contribution is -2.14. The van der Waals surface area contributed by atoms with Crippen LogP contribution < -0.4 is 4.74 Å². The van der Waals surface area contributed by atoms with Gasteiger partial charge in [0, 0.05) is 21.7 Å². The van der Waals surface area contributed by atoms with Crippen LogP contribution in [0.5, 0.6) is 5.75 Å². The molecule has 7 heteroatoms. The second kappa shape index (κ2) is 8.72. The van der Waals surface area contributed by atoms with E-state index < -0.39 is 5.97 Å². The third kappa shape index (κ3) is 4.16. The lowest BCUT2D eigenvalue weighted by Gasteiger charge is -2.09. The average molecular weight is 432 g/mol. The number of halogens is 2. The van der Waals surface area contributed by atoms with Crippen LogP contribution in [0.1, 0.15) is 21.6 Å². The van der Waals surface area contributed by atoms with Crippen LogP contribution in [0.3, 0.4) is 0 Å². The Kier molecular flexibility index (Phi) is 6.30. The summed E-state index contributed by atoms with van der Waals surface area (Å²) in [7, 11) is 1.51. The molecule has 2 aromatic carbocycles. The summed E-state index contributed by atoms with van der Waals surface area (Å²) in [5, 5.41) is 1.60. The molecule has 5 nitrogen and oxygen atoms in total. The zero-order valence-corrected chi connectivity index (χ0v) is 17.5.